The van der Waals surface area contributed by atoms with Gasteiger partial charge in [0, 0.05) is 63.8 Å². The Bertz CT molecular complexity index is 943. The third-order valence-corrected chi connectivity index (χ3v) is 7.47. The van der Waals surface area contributed by atoms with Gasteiger partial charge in [0.15, 0.2) is 0 Å². The molecule has 1 N–H and O–H groups in total. The number of anilines is 1. The summed E-state index contributed by atoms with van der Waals surface area (Å²) in [6.45, 7) is 3.90. The van der Waals surface area contributed by atoms with Crippen LogP contribution in [0.2, 0.25) is 0 Å². The number of carbonyl (C=O) groups excluding carboxylic acids is 2. The molecule has 3 aliphatic rings. The van der Waals surface area contributed by atoms with Crippen LogP contribution in [0.3, 0.4) is 0 Å². The second kappa shape index (κ2) is 7.96. The number of aromatic nitrogens is 1. The van der Waals surface area contributed by atoms with E-state index in [2.05, 4.69) is 21.3 Å². The van der Waals surface area contributed by atoms with Gasteiger partial charge in [0.05, 0.1) is 11.5 Å². The lowest BCUT2D eigenvalue weighted by Gasteiger charge is -2.46. The molecule has 7 heteroatoms. The highest BCUT2D eigenvalue weighted by molar-refractivity contribution is 5.89. The maximum Gasteiger partial charge on any atom is 0.321 e. The molecule has 1 aromatic carbocycles. The van der Waals surface area contributed by atoms with Crippen LogP contribution in [0, 0.1) is 11.8 Å². The fourth-order valence-corrected chi connectivity index (χ4v) is 5.80. The number of piperidine rings is 1. The van der Waals surface area contributed by atoms with Crippen LogP contribution in [0.5, 0.6) is 0 Å². The van der Waals surface area contributed by atoms with Crippen LogP contribution >= 0.6 is 0 Å². The molecule has 0 aliphatic carbocycles. The van der Waals surface area contributed by atoms with Crippen LogP contribution < -0.4 is 5.32 Å². The van der Waals surface area contributed by atoms with Crippen molar-refractivity contribution in [2.75, 3.05) is 38.5 Å². The van der Waals surface area contributed by atoms with E-state index in [4.69, 9.17) is 0 Å². The number of fused-ring (bicyclic) bond motifs is 2. The SMILES string of the molecule is CN1C(=O)[C@H]2CN(Cc3cccnc3)C[C@H]2C12CCN(C(=O)Nc1ccccc1)CC2. The number of nitrogens with zero attached hydrogens (tertiary/aromatic N) is 4. The lowest BCUT2D eigenvalue weighted by molar-refractivity contribution is -0.133. The fraction of sp³-hybridized carbons (Fsp3) is 0.458. The largest absolute Gasteiger partial charge is 0.339 e. The molecule has 162 valence electrons. The normalized spacial score (nSPS) is 25.1. The molecule has 5 rings (SSSR count). The molecule has 1 aromatic heterocycles. The van der Waals surface area contributed by atoms with Gasteiger partial charge in [-0.25, -0.2) is 4.79 Å². The van der Waals surface area contributed by atoms with Gasteiger partial charge >= 0.3 is 6.03 Å². The second-order valence-electron chi connectivity index (χ2n) is 9.05. The van der Waals surface area contributed by atoms with E-state index in [0.29, 0.717) is 19.0 Å². The summed E-state index contributed by atoms with van der Waals surface area (Å²) in [5.74, 6) is 0.647. The first-order chi connectivity index (χ1) is 15.1. The van der Waals surface area contributed by atoms with Gasteiger partial charge in [0.25, 0.3) is 0 Å². The van der Waals surface area contributed by atoms with Crippen molar-refractivity contribution in [1.29, 1.82) is 0 Å². The lowest BCUT2D eigenvalue weighted by Crippen LogP contribution is -2.57. The van der Waals surface area contributed by atoms with Gasteiger partial charge in [0.1, 0.15) is 0 Å². The molecular formula is C24H29N5O2. The zero-order valence-corrected chi connectivity index (χ0v) is 17.9. The summed E-state index contributed by atoms with van der Waals surface area (Å²) in [7, 11) is 1.96. The summed E-state index contributed by atoms with van der Waals surface area (Å²) in [5, 5.41) is 2.98. The standard InChI is InChI=1S/C24H29N5O2/c1-27-22(30)20-16-28(15-18-6-5-11-25-14-18)17-21(20)24(27)9-12-29(13-10-24)23(31)26-19-7-3-2-4-8-19/h2-8,11,14,20-21H,9-10,12-13,15-17H2,1H3,(H,26,31)/t20-,21+/m0/s1. The minimum absolute atomic E-state index is 0.0609. The number of rotatable bonds is 3. The average Bonchev–Trinajstić information content (AvgIpc) is 3.30. The Morgan fingerprint density at radius 1 is 1.13 bits per heavy atom. The summed E-state index contributed by atoms with van der Waals surface area (Å²) in [4.78, 5) is 36.3. The number of pyridine rings is 1. The maximum atomic E-state index is 13.1. The smallest absolute Gasteiger partial charge is 0.321 e. The summed E-state index contributed by atoms with van der Waals surface area (Å²) >= 11 is 0. The highest BCUT2D eigenvalue weighted by atomic mass is 16.2. The van der Waals surface area contributed by atoms with Crippen LogP contribution in [-0.2, 0) is 11.3 Å². The molecule has 3 amide bonds. The van der Waals surface area contributed by atoms with Crippen LogP contribution in [0.25, 0.3) is 0 Å². The third-order valence-electron chi connectivity index (χ3n) is 7.47. The molecule has 3 fully saturated rings. The van der Waals surface area contributed by atoms with Gasteiger partial charge in [-0.05, 0) is 36.6 Å². The van der Waals surface area contributed by atoms with Crippen molar-refractivity contribution in [1.82, 2.24) is 19.7 Å². The molecular weight excluding hydrogens is 390 g/mol. The van der Waals surface area contributed by atoms with Crippen LogP contribution in [0.15, 0.2) is 54.9 Å². The Morgan fingerprint density at radius 3 is 2.61 bits per heavy atom. The maximum absolute atomic E-state index is 13.1. The van der Waals surface area contributed by atoms with E-state index in [1.54, 1.807) is 6.20 Å². The summed E-state index contributed by atoms with van der Waals surface area (Å²) in [5.41, 5.74) is 1.85. The molecule has 1 spiro atoms. The number of benzene rings is 1. The van der Waals surface area contributed by atoms with Crippen molar-refractivity contribution in [2.24, 2.45) is 11.8 Å². The van der Waals surface area contributed by atoms with Gasteiger partial charge in [-0.1, -0.05) is 24.3 Å². The van der Waals surface area contributed by atoms with E-state index in [1.807, 2.05) is 59.4 Å². The Hall–Kier alpha value is -2.93. The zero-order valence-electron chi connectivity index (χ0n) is 17.9. The summed E-state index contributed by atoms with van der Waals surface area (Å²) < 4.78 is 0. The quantitative estimate of drug-likeness (QED) is 0.831. The molecule has 2 atom stereocenters. The fourth-order valence-electron chi connectivity index (χ4n) is 5.80. The minimum Gasteiger partial charge on any atom is -0.339 e. The average molecular weight is 420 g/mol. The van der Waals surface area contributed by atoms with Crippen molar-refractivity contribution < 1.29 is 9.59 Å². The number of carbonyl (C=O) groups is 2. The predicted octanol–water partition coefficient (Wildman–Crippen LogP) is 2.67. The highest BCUT2D eigenvalue weighted by Crippen LogP contribution is 2.49. The van der Waals surface area contributed by atoms with Crippen molar-refractivity contribution in [3.63, 3.8) is 0 Å². The van der Waals surface area contributed by atoms with E-state index in [9.17, 15) is 9.59 Å². The summed E-state index contributed by atoms with van der Waals surface area (Å²) in [6.07, 6.45) is 5.36. The first-order valence-corrected chi connectivity index (χ1v) is 11.1. The Kier molecular flexibility index (Phi) is 5.14. The van der Waals surface area contributed by atoms with Gasteiger partial charge < -0.3 is 15.1 Å². The highest BCUT2D eigenvalue weighted by Gasteiger charge is 2.60. The van der Waals surface area contributed by atoms with E-state index < -0.39 is 0 Å². The number of hydrogen-bond donors (Lipinski definition) is 1. The first-order valence-electron chi connectivity index (χ1n) is 11.1. The van der Waals surface area contributed by atoms with E-state index >= 15 is 0 Å². The molecule has 7 nitrogen and oxygen atoms in total. The first kappa shape index (κ1) is 20.0. The lowest BCUT2D eigenvalue weighted by atomic mass is 9.75. The van der Waals surface area contributed by atoms with Crippen molar-refractivity contribution in [2.45, 2.75) is 24.9 Å². The summed E-state index contributed by atoms with van der Waals surface area (Å²) in [6, 6.07) is 13.5. The Morgan fingerprint density at radius 2 is 1.90 bits per heavy atom. The van der Waals surface area contributed by atoms with Crippen LogP contribution in [-0.4, -0.2) is 70.4 Å². The Balaban J connectivity index is 1.25. The molecule has 2 aromatic rings. The molecule has 0 bridgehead atoms. The van der Waals surface area contributed by atoms with Crippen LogP contribution in [0.1, 0.15) is 18.4 Å². The number of likely N-dealkylation sites (tertiary alicyclic amines) is 3. The topological polar surface area (TPSA) is 68.8 Å². The Labute approximate surface area is 183 Å². The van der Waals surface area contributed by atoms with E-state index in [1.165, 1.54) is 5.56 Å². The molecule has 4 heterocycles. The molecule has 0 unspecified atom stereocenters. The number of nitrogens with one attached hydrogen (secondary N) is 1. The van der Waals surface area contributed by atoms with Crippen molar-refractivity contribution >= 4 is 17.6 Å². The second-order valence-corrected chi connectivity index (χ2v) is 9.05. The number of urea groups is 1. The predicted molar refractivity (Wildman–Crippen MR) is 118 cm³/mol. The number of para-hydroxylation sites is 1. The molecule has 3 saturated heterocycles. The van der Waals surface area contributed by atoms with E-state index in [-0.39, 0.29) is 23.4 Å². The molecule has 3 aliphatic heterocycles. The van der Waals surface area contributed by atoms with Crippen LogP contribution in [0.4, 0.5) is 10.5 Å². The third kappa shape index (κ3) is 3.57. The number of amides is 3. The van der Waals surface area contributed by atoms with Gasteiger partial charge in [0.2, 0.25) is 5.91 Å². The van der Waals surface area contributed by atoms with Crippen molar-refractivity contribution in [3.05, 3.63) is 60.4 Å². The zero-order chi connectivity index (χ0) is 21.4. The minimum atomic E-state index is -0.144. The van der Waals surface area contributed by atoms with Gasteiger partial charge in [-0.15, -0.1) is 0 Å². The molecule has 0 radical (unpaired) electrons. The van der Waals surface area contributed by atoms with E-state index in [0.717, 1.165) is 38.2 Å². The molecule has 0 saturated carbocycles. The monoisotopic (exact) mass is 419 g/mol. The molecule has 31 heavy (non-hydrogen) atoms. The van der Waals surface area contributed by atoms with Gasteiger partial charge in [-0.2, -0.15) is 0 Å². The van der Waals surface area contributed by atoms with Crippen molar-refractivity contribution in [3.8, 4) is 0 Å². The number of hydrogen-bond acceptors (Lipinski definition) is 4. The van der Waals surface area contributed by atoms with Gasteiger partial charge in [-0.3, -0.25) is 14.7 Å².